The Hall–Kier alpha value is -0.930. The van der Waals surface area contributed by atoms with Crippen molar-refractivity contribution in [1.29, 1.82) is 0 Å². The van der Waals surface area contributed by atoms with Crippen molar-refractivity contribution in [3.8, 4) is 0 Å². The van der Waals surface area contributed by atoms with Gasteiger partial charge in [0.2, 0.25) is 0 Å². The van der Waals surface area contributed by atoms with Gasteiger partial charge in [0.1, 0.15) is 5.82 Å². The third-order valence-corrected chi connectivity index (χ3v) is 2.85. The predicted octanol–water partition coefficient (Wildman–Crippen LogP) is 1.78. The summed E-state index contributed by atoms with van der Waals surface area (Å²) in [7, 11) is 0. The number of halogens is 1. The highest BCUT2D eigenvalue weighted by Gasteiger charge is 2.30. The second-order valence-corrected chi connectivity index (χ2v) is 4.58. The maximum atomic E-state index is 12.7. The van der Waals surface area contributed by atoms with Gasteiger partial charge in [-0.2, -0.15) is 0 Å². The maximum absolute atomic E-state index is 12.7. The molecule has 1 saturated heterocycles. The highest BCUT2D eigenvalue weighted by Crippen LogP contribution is 2.21. The zero-order chi connectivity index (χ0) is 10.9. The summed E-state index contributed by atoms with van der Waals surface area (Å²) in [4.78, 5) is 2.19. The van der Waals surface area contributed by atoms with E-state index >= 15 is 0 Å². The molecular formula is C12H16FNO. The number of nitrogens with zero attached hydrogens (tertiary/aromatic N) is 1. The van der Waals surface area contributed by atoms with Crippen LogP contribution in [0, 0.1) is 5.82 Å². The molecule has 0 amide bonds. The molecule has 1 unspecified atom stereocenters. The Morgan fingerprint density at radius 2 is 2.07 bits per heavy atom. The van der Waals surface area contributed by atoms with Crippen molar-refractivity contribution in [3.05, 3.63) is 35.6 Å². The van der Waals surface area contributed by atoms with Crippen LogP contribution in [-0.2, 0) is 6.54 Å². The highest BCUT2D eigenvalue weighted by molar-refractivity contribution is 5.16. The molecule has 1 aliphatic rings. The van der Waals surface area contributed by atoms with Crippen LogP contribution in [0.3, 0.4) is 0 Å². The summed E-state index contributed by atoms with van der Waals surface area (Å²) < 4.78 is 12.7. The first-order valence-corrected chi connectivity index (χ1v) is 5.24. The standard InChI is InChI=1S/C12H16FNO/c1-12(15)6-7-14(9-12)8-10-2-4-11(13)5-3-10/h2-5,15H,6-9H2,1H3. The summed E-state index contributed by atoms with van der Waals surface area (Å²) in [5.74, 6) is -0.202. The van der Waals surface area contributed by atoms with Gasteiger partial charge in [0, 0.05) is 19.6 Å². The second-order valence-electron chi connectivity index (χ2n) is 4.58. The van der Waals surface area contributed by atoms with Gasteiger partial charge >= 0.3 is 0 Å². The monoisotopic (exact) mass is 209 g/mol. The topological polar surface area (TPSA) is 23.5 Å². The van der Waals surface area contributed by atoms with Gasteiger partial charge in [-0.05, 0) is 31.0 Å². The molecule has 1 N–H and O–H groups in total. The van der Waals surface area contributed by atoms with E-state index in [0.29, 0.717) is 6.54 Å². The van der Waals surface area contributed by atoms with E-state index in [1.54, 1.807) is 12.1 Å². The van der Waals surface area contributed by atoms with Gasteiger partial charge in [0.15, 0.2) is 0 Å². The lowest BCUT2D eigenvalue weighted by Crippen LogP contribution is -2.29. The van der Waals surface area contributed by atoms with E-state index in [-0.39, 0.29) is 5.82 Å². The van der Waals surface area contributed by atoms with Crippen molar-refractivity contribution < 1.29 is 9.50 Å². The molecular weight excluding hydrogens is 193 g/mol. The molecule has 1 heterocycles. The predicted molar refractivity (Wildman–Crippen MR) is 56.9 cm³/mol. The lowest BCUT2D eigenvalue weighted by molar-refractivity contribution is 0.0679. The largest absolute Gasteiger partial charge is 0.389 e. The van der Waals surface area contributed by atoms with Crippen molar-refractivity contribution in [1.82, 2.24) is 4.90 Å². The molecule has 2 rings (SSSR count). The molecule has 3 heteroatoms. The zero-order valence-corrected chi connectivity index (χ0v) is 8.91. The summed E-state index contributed by atoms with van der Waals surface area (Å²) in [6, 6.07) is 6.54. The molecule has 1 aromatic rings. The molecule has 0 aliphatic carbocycles. The van der Waals surface area contributed by atoms with Crippen molar-refractivity contribution in [2.45, 2.75) is 25.5 Å². The van der Waals surface area contributed by atoms with E-state index < -0.39 is 5.60 Å². The second kappa shape index (κ2) is 3.91. The van der Waals surface area contributed by atoms with Crippen LogP contribution in [0.4, 0.5) is 4.39 Å². The van der Waals surface area contributed by atoms with E-state index in [1.165, 1.54) is 12.1 Å². The Morgan fingerprint density at radius 3 is 2.60 bits per heavy atom. The maximum Gasteiger partial charge on any atom is 0.123 e. The average Bonchev–Trinajstić information content (AvgIpc) is 2.50. The number of likely N-dealkylation sites (tertiary alicyclic amines) is 1. The number of hydrogen-bond acceptors (Lipinski definition) is 2. The van der Waals surface area contributed by atoms with Crippen LogP contribution in [-0.4, -0.2) is 28.7 Å². The Morgan fingerprint density at radius 1 is 1.40 bits per heavy atom. The summed E-state index contributed by atoms with van der Waals surface area (Å²) in [6.45, 7) is 4.25. The minimum atomic E-state index is -0.556. The van der Waals surface area contributed by atoms with E-state index in [2.05, 4.69) is 4.90 Å². The van der Waals surface area contributed by atoms with Gasteiger partial charge in [0.25, 0.3) is 0 Å². The van der Waals surface area contributed by atoms with Gasteiger partial charge in [-0.25, -0.2) is 4.39 Å². The number of hydrogen-bond donors (Lipinski definition) is 1. The summed E-state index contributed by atoms with van der Waals surface area (Å²) >= 11 is 0. The molecule has 0 bridgehead atoms. The van der Waals surface area contributed by atoms with Crippen LogP contribution in [0.25, 0.3) is 0 Å². The molecule has 1 fully saturated rings. The van der Waals surface area contributed by atoms with Crippen molar-refractivity contribution in [3.63, 3.8) is 0 Å². The lowest BCUT2D eigenvalue weighted by Gasteiger charge is -2.18. The van der Waals surface area contributed by atoms with Crippen molar-refractivity contribution >= 4 is 0 Å². The van der Waals surface area contributed by atoms with Crippen molar-refractivity contribution in [2.75, 3.05) is 13.1 Å². The SMILES string of the molecule is CC1(O)CCN(Cc2ccc(F)cc2)C1. The quantitative estimate of drug-likeness (QED) is 0.802. The minimum Gasteiger partial charge on any atom is -0.389 e. The number of β-amino-alcohol motifs (C(OH)–C–C–N with tert-alkyl or cyclic N) is 1. The first kappa shape index (κ1) is 10.6. The average molecular weight is 209 g/mol. The van der Waals surface area contributed by atoms with Crippen LogP contribution < -0.4 is 0 Å². The van der Waals surface area contributed by atoms with E-state index in [9.17, 15) is 9.50 Å². The van der Waals surface area contributed by atoms with Crippen molar-refractivity contribution in [2.24, 2.45) is 0 Å². The Bertz CT molecular complexity index is 334. The summed E-state index contributed by atoms with van der Waals surface area (Å²) in [5.41, 5.74) is 0.536. The highest BCUT2D eigenvalue weighted by atomic mass is 19.1. The molecule has 0 aromatic heterocycles. The van der Waals surface area contributed by atoms with Gasteiger partial charge in [0.05, 0.1) is 5.60 Å². The molecule has 1 atom stereocenters. The van der Waals surface area contributed by atoms with E-state index in [1.807, 2.05) is 6.92 Å². The Labute approximate surface area is 89.3 Å². The summed E-state index contributed by atoms with van der Waals surface area (Å²) in [6.07, 6.45) is 0.814. The van der Waals surface area contributed by atoms with E-state index in [4.69, 9.17) is 0 Å². The lowest BCUT2D eigenvalue weighted by atomic mass is 10.1. The smallest absolute Gasteiger partial charge is 0.123 e. The number of benzene rings is 1. The van der Waals surface area contributed by atoms with Crippen LogP contribution in [0.15, 0.2) is 24.3 Å². The fourth-order valence-electron chi connectivity index (χ4n) is 2.02. The molecule has 0 saturated carbocycles. The third kappa shape index (κ3) is 2.76. The Kier molecular flexibility index (Phi) is 2.76. The molecule has 0 radical (unpaired) electrons. The van der Waals surface area contributed by atoms with Gasteiger partial charge in [-0.1, -0.05) is 12.1 Å². The van der Waals surface area contributed by atoms with E-state index in [0.717, 1.165) is 25.1 Å². The first-order valence-electron chi connectivity index (χ1n) is 5.24. The molecule has 0 spiro atoms. The fraction of sp³-hybridized carbons (Fsp3) is 0.500. The van der Waals surface area contributed by atoms with Gasteiger partial charge in [-0.15, -0.1) is 0 Å². The zero-order valence-electron chi connectivity index (χ0n) is 8.91. The third-order valence-electron chi connectivity index (χ3n) is 2.85. The summed E-state index contributed by atoms with van der Waals surface area (Å²) in [5, 5.41) is 9.79. The van der Waals surface area contributed by atoms with Crippen LogP contribution in [0.5, 0.6) is 0 Å². The van der Waals surface area contributed by atoms with Crippen LogP contribution >= 0.6 is 0 Å². The number of rotatable bonds is 2. The van der Waals surface area contributed by atoms with Crippen LogP contribution in [0.1, 0.15) is 18.9 Å². The minimum absolute atomic E-state index is 0.202. The fourth-order valence-corrected chi connectivity index (χ4v) is 2.02. The first-order chi connectivity index (χ1) is 7.05. The molecule has 2 nitrogen and oxygen atoms in total. The van der Waals surface area contributed by atoms with Gasteiger partial charge in [-0.3, -0.25) is 4.90 Å². The molecule has 15 heavy (non-hydrogen) atoms. The molecule has 82 valence electrons. The number of aliphatic hydroxyl groups is 1. The Balaban J connectivity index is 1.96. The van der Waals surface area contributed by atoms with Crippen LogP contribution in [0.2, 0.25) is 0 Å². The molecule has 1 aliphatic heterocycles. The normalized spacial score (nSPS) is 27.1. The van der Waals surface area contributed by atoms with Gasteiger partial charge < -0.3 is 5.11 Å². The molecule has 1 aromatic carbocycles.